The Labute approximate surface area is 143 Å². The summed E-state index contributed by atoms with van der Waals surface area (Å²) >= 11 is 0. The van der Waals surface area contributed by atoms with Crippen molar-refractivity contribution in [3.05, 3.63) is 79.9 Å². The first-order valence-corrected chi connectivity index (χ1v) is 7.94. The standard InChI is InChI=1S/C18H16N2O5/c21-18-10-14(12-3-1-5-16(8-12)19(22)23)7-15(11-18)13-4-2-6-17(9-13)20(24)25/h1-6,8-9,14-15H,7,10-11H2. The van der Waals surface area contributed by atoms with Crippen LogP contribution in [0.4, 0.5) is 11.4 Å². The van der Waals surface area contributed by atoms with Gasteiger partial charge in [0.05, 0.1) is 9.85 Å². The Morgan fingerprint density at radius 2 is 1.24 bits per heavy atom. The van der Waals surface area contributed by atoms with E-state index in [1.165, 1.54) is 24.3 Å². The van der Waals surface area contributed by atoms with Crippen LogP contribution in [0.5, 0.6) is 0 Å². The van der Waals surface area contributed by atoms with Gasteiger partial charge in [-0.3, -0.25) is 25.0 Å². The predicted octanol–water partition coefficient (Wildman–Crippen LogP) is 4.12. The monoisotopic (exact) mass is 340 g/mol. The largest absolute Gasteiger partial charge is 0.300 e. The van der Waals surface area contributed by atoms with E-state index in [2.05, 4.69) is 0 Å². The van der Waals surface area contributed by atoms with E-state index in [1.54, 1.807) is 24.3 Å². The summed E-state index contributed by atoms with van der Waals surface area (Å²) in [6.45, 7) is 0. The quantitative estimate of drug-likeness (QED) is 0.615. The number of rotatable bonds is 4. The first-order chi connectivity index (χ1) is 11.9. The van der Waals surface area contributed by atoms with E-state index >= 15 is 0 Å². The van der Waals surface area contributed by atoms with Gasteiger partial charge in [0.2, 0.25) is 0 Å². The molecule has 0 radical (unpaired) electrons. The highest BCUT2D eigenvalue weighted by Gasteiger charge is 2.30. The Morgan fingerprint density at radius 3 is 1.64 bits per heavy atom. The van der Waals surface area contributed by atoms with Gasteiger partial charge in [0.1, 0.15) is 5.78 Å². The van der Waals surface area contributed by atoms with Crippen molar-refractivity contribution in [1.82, 2.24) is 0 Å². The van der Waals surface area contributed by atoms with Gasteiger partial charge < -0.3 is 0 Å². The molecule has 128 valence electrons. The molecule has 0 N–H and O–H groups in total. The maximum Gasteiger partial charge on any atom is 0.269 e. The van der Waals surface area contributed by atoms with E-state index in [0.717, 1.165) is 11.1 Å². The molecule has 0 spiro atoms. The van der Waals surface area contributed by atoms with Crippen molar-refractivity contribution >= 4 is 17.2 Å². The van der Waals surface area contributed by atoms with Crippen LogP contribution in [-0.2, 0) is 4.79 Å². The lowest BCUT2D eigenvalue weighted by molar-refractivity contribution is -0.385. The van der Waals surface area contributed by atoms with Crippen molar-refractivity contribution in [2.45, 2.75) is 31.1 Å². The Hall–Kier alpha value is -3.09. The molecular weight excluding hydrogens is 324 g/mol. The fourth-order valence-corrected chi connectivity index (χ4v) is 3.44. The fraction of sp³-hybridized carbons (Fsp3) is 0.278. The zero-order valence-electron chi connectivity index (χ0n) is 13.3. The van der Waals surface area contributed by atoms with Gasteiger partial charge in [-0.25, -0.2) is 0 Å². The second-order valence-corrected chi connectivity index (χ2v) is 6.28. The number of benzene rings is 2. The second-order valence-electron chi connectivity index (χ2n) is 6.28. The van der Waals surface area contributed by atoms with Crippen LogP contribution < -0.4 is 0 Å². The number of hydrogen-bond donors (Lipinski definition) is 0. The highest BCUT2D eigenvalue weighted by atomic mass is 16.6. The third-order valence-electron chi connectivity index (χ3n) is 4.62. The van der Waals surface area contributed by atoms with Gasteiger partial charge in [-0.15, -0.1) is 0 Å². The molecule has 0 aromatic heterocycles. The Kier molecular flexibility index (Phi) is 4.56. The van der Waals surface area contributed by atoms with Crippen LogP contribution in [0.1, 0.15) is 42.2 Å². The van der Waals surface area contributed by atoms with Crippen molar-refractivity contribution in [3.63, 3.8) is 0 Å². The van der Waals surface area contributed by atoms with E-state index in [1.807, 2.05) is 0 Å². The van der Waals surface area contributed by atoms with Crippen LogP contribution in [0.3, 0.4) is 0 Å². The van der Waals surface area contributed by atoms with Gasteiger partial charge in [0.25, 0.3) is 11.4 Å². The van der Waals surface area contributed by atoms with Gasteiger partial charge in [-0.2, -0.15) is 0 Å². The van der Waals surface area contributed by atoms with Gasteiger partial charge in [-0.05, 0) is 29.4 Å². The average Bonchev–Trinajstić information content (AvgIpc) is 2.61. The molecule has 2 unspecified atom stereocenters. The molecule has 3 rings (SSSR count). The molecule has 1 aliphatic carbocycles. The molecule has 2 aromatic carbocycles. The molecule has 2 atom stereocenters. The van der Waals surface area contributed by atoms with Crippen LogP contribution in [0.15, 0.2) is 48.5 Å². The summed E-state index contributed by atoms with van der Waals surface area (Å²) in [7, 11) is 0. The van der Waals surface area contributed by atoms with Crippen molar-refractivity contribution in [1.29, 1.82) is 0 Å². The Bertz CT molecular complexity index is 781. The van der Waals surface area contributed by atoms with Gasteiger partial charge in [-0.1, -0.05) is 24.3 Å². The van der Waals surface area contributed by atoms with Gasteiger partial charge in [0.15, 0.2) is 0 Å². The molecule has 0 saturated heterocycles. The second kappa shape index (κ2) is 6.80. The van der Waals surface area contributed by atoms with Gasteiger partial charge >= 0.3 is 0 Å². The van der Waals surface area contributed by atoms with E-state index in [-0.39, 0.29) is 29.0 Å². The highest BCUT2D eigenvalue weighted by molar-refractivity contribution is 5.81. The summed E-state index contributed by atoms with van der Waals surface area (Å²) in [5.74, 6) is -0.171. The molecule has 7 heteroatoms. The molecular formula is C18H16N2O5. The first kappa shape index (κ1) is 16.8. The number of ketones is 1. The molecule has 0 aliphatic heterocycles. The molecule has 1 fully saturated rings. The molecule has 0 amide bonds. The summed E-state index contributed by atoms with van der Waals surface area (Å²) in [6.07, 6.45) is 1.31. The van der Waals surface area contributed by atoms with Crippen molar-refractivity contribution in [2.75, 3.05) is 0 Å². The SMILES string of the molecule is O=C1CC(c2cccc([N+](=O)[O-])c2)CC(c2cccc([N+](=O)[O-])c2)C1. The lowest BCUT2D eigenvalue weighted by Crippen LogP contribution is -2.20. The number of nitro benzene ring substituents is 2. The maximum absolute atomic E-state index is 12.2. The van der Waals surface area contributed by atoms with E-state index < -0.39 is 9.85 Å². The third-order valence-corrected chi connectivity index (χ3v) is 4.62. The summed E-state index contributed by atoms with van der Waals surface area (Å²) < 4.78 is 0. The maximum atomic E-state index is 12.2. The lowest BCUT2D eigenvalue weighted by Gasteiger charge is -2.28. The van der Waals surface area contributed by atoms with E-state index in [9.17, 15) is 25.0 Å². The lowest BCUT2D eigenvalue weighted by atomic mass is 9.74. The van der Waals surface area contributed by atoms with Crippen LogP contribution in [-0.4, -0.2) is 15.6 Å². The fourth-order valence-electron chi connectivity index (χ4n) is 3.44. The van der Waals surface area contributed by atoms with Crippen LogP contribution in [0.2, 0.25) is 0 Å². The minimum Gasteiger partial charge on any atom is -0.300 e. The van der Waals surface area contributed by atoms with Crippen LogP contribution in [0, 0.1) is 20.2 Å². The minimum absolute atomic E-state index is 0.00224. The number of non-ortho nitro benzene ring substituents is 2. The average molecular weight is 340 g/mol. The van der Waals surface area contributed by atoms with Crippen molar-refractivity contribution < 1.29 is 14.6 Å². The molecule has 25 heavy (non-hydrogen) atoms. The Balaban J connectivity index is 1.88. The molecule has 7 nitrogen and oxygen atoms in total. The van der Waals surface area contributed by atoms with Crippen LogP contribution in [0.25, 0.3) is 0 Å². The summed E-state index contributed by atoms with van der Waals surface area (Å²) in [4.78, 5) is 33.2. The molecule has 1 aliphatic rings. The van der Waals surface area contributed by atoms with Gasteiger partial charge in [0, 0.05) is 37.1 Å². The zero-order valence-corrected chi connectivity index (χ0v) is 13.3. The summed E-state index contributed by atoms with van der Waals surface area (Å²) in [5, 5.41) is 21.9. The normalized spacial score (nSPS) is 20.2. The smallest absolute Gasteiger partial charge is 0.269 e. The molecule has 0 bridgehead atoms. The number of nitrogens with zero attached hydrogens (tertiary/aromatic N) is 2. The number of carbonyl (C=O) groups excluding carboxylic acids is 1. The summed E-state index contributed by atoms with van der Waals surface area (Å²) in [6, 6.07) is 12.7. The topological polar surface area (TPSA) is 103 Å². The number of carbonyl (C=O) groups is 1. The van der Waals surface area contributed by atoms with E-state index in [4.69, 9.17) is 0 Å². The zero-order chi connectivity index (χ0) is 18.0. The first-order valence-electron chi connectivity index (χ1n) is 7.94. The molecule has 0 heterocycles. The minimum atomic E-state index is -0.452. The highest BCUT2D eigenvalue weighted by Crippen LogP contribution is 2.40. The number of nitro groups is 2. The predicted molar refractivity (Wildman–Crippen MR) is 90.5 cm³/mol. The number of Topliss-reactive ketones (excluding diaryl/α,β-unsaturated/α-hetero) is 1. The summed E-state index contributed by atoms with van der Waals surface area (Å²) in [5.41, 5.74) is 1.53. The third kappa shape index (κ3) is 3.71. The number of hydrogen-bond acceptors (Lipinski definition) is 5. The Morgan fingerprint density at radius 1 is 0.800 bits per heavy atom. The van der Waals surface area contributed by atoms with Crippen molar-refractivity contribution in [2.24, 2.45) is 0 Å². The van der Waals surface area contributed by atoms with E-state index in [0.29, 0.717) is 19.3 Å². The van der Waals surface area contributed by atoms with Crippen molar-refractivity contribution in [3.8, 4) is 0 Å². The molecule has 1 saturated carbocycles. The molecule has 2 aromatic rings. The van der Waals surface area contributed by atoms with Crippen LogP contribution >= 0.6 is 0 Å².